The Morgan fingerprint density at radius 1 is 1.19 bits per heavy atom. The minimum absolute atomic E-state index is 0.0626. The molecule has 1 N–H and O–H groups in total. The van der Waals surface area contributed by atoms with Gasteiger partial charge in [0.25, 0.3) is 5.91 Å². The molecule has 1 amide bonds. The number of esters is 1. The SMILES string of the molecule is CC(C)OC(=O)[C@@H](NC(=O)c1ccn(C(C)C)n1)C(C)C. The van der Waals surface area contributed by atoms with E-state index in [1.165, 1.54) is 0 Å². The van der Waals surface area contributed by atoms with Crippen LogP contribution < -0.4 is 5.32 Å². The van der Waals surface area contributed by atoms with Crippen LogP contribution in [0.15, 0.2) is 12.3 Å². The van der Waals surface area contributed by atoms with Gasteiger partial charge < -0.3 is 10.1 Å². The van der Waals surface area contributed by atoms with Gasteiger partial charge in [0.1, 0.15) is 11.7 Å². The molecular weight excluding hydrogens is 270 g/mol. The van der Waals surface area contributed by atoms with Crippen molar-refractivity contribution in [1.82, 2.24) is 15.1 Å². The predicted molar refractivity (Wildman–Crippen MR) is 79.9 cm³/mol. The van der Waals surface area contributed by atoms with Gasteiger partial charge in [-0.15, -0.1) is 0 Å². The van der Waals surface area contributed by atoms with Crippen molar-refractivity contribution in [3.05, 3.63) is 18.0 Å². The molecule has 1 aromatic heterocycles. The Kier molecular flexibility index (Phi) is 5.93. The van der Waals surface area contributed by atoms with E-state index >= 15 is 0 Å². The molecule has 6 nitrogen and oxygen atoms in total. The van der Waals surface area contributed by atoms with Gasteiger partial charge in [-0.05, 0) is 39.7 Å². The summed E-state index contributed by atoms with van der Waals surface area (Å²) < 4.78 is 6.87. The number of amides is 1. The number of carbonyl (C=O) groups is 2. The summed E-state index contributed by atoms with van der Waals surface area (Å²) in [6.45, 7) is 11.2. The number of nitrogens with zero attached hydrogens (tertiary/aromatic N) is 2. The maximum Gasteiger partial charge on any atom is 0.329 e. The highest BCUT2D eigenvalue weighted by Gasteiger charge is 2.27. The Hall–Kier alpha value is -1.85. The molecule has 118 valence electrons. The van der Waals surface area contributed by atoms with Crippen LogP contribution in [0.25, 0.3) is 0 Å². The second-order valence-corrected chi connectivity index (χ2v) is 5.96. The summed E-state index contributed by atoms with van der Waals surface area (Å²) in [5.74, 6) is -0.849. The van der Waals surface area contributed by atoms with E-state index in [4.69, 9.17) is 4.74 Å². The first-order valence-electron chi connectivity index (χ1n) is 7.28. The van der Waals surface area contributed by atoms with E-state index in [0.29, 0.717) is 5.69 Å². The second kappa shape index (κ2) is 7.24. The van der Waals surface area contributed by atoms with Crippen molar-refractivity contribution in [1.29, 1.82) is 0 Å². The lowest BCUT2D eigenvalue weighted by Gasteiger charge is -2.21. The summed E-state index contributed by atoms with van der Waals surface area (Å²) in [6.07, 6.45) is 1.53. The molecule has 1 heterocycles. The third-order valence-corrected chi connectivity index (χ3v) is 2.93. The fourth-order valence-electron chi connectivity index (χ4n) is 1.77. The molecule has 0 unspecified atom stereocenters. The third-order valence-electron chi connectivity index (χ3n) is 2.93. The lowest BCUT2D eigenvalue weighted by Crippen LogP contribution is -2.46. The first-order chi connectivity index (χ1) is 9.72. The van der Waals surface area contributed by atoms with E-state index in [-0.39, 0.29) is 24.0 Å². The highest BCUT2D eigenvalue weighted by Crippen LogP contribution is 2.09. The summed E-state index contributed by atoms with van der Waals surface area (Å²) in [4.78, 5) is 24.2. The maximum absolute atomic E-state index is 12.2. The highest BCUT2D eigenvalue weighted by atomic mass is 16.5. The number of rotatable bonds is 6. The first kappa shape index (κ1) is 17.2. The summed E-state index contributed by atoms with van der Waals surface area (Å²) in [5.41, 5.74) is 0.298. The molecule has 0 radical (unpaired) electrons. The highest BCUT2D eigenvalue weighted by molar-refractivity contribution is 5.95. The third kappa shape index (κ3) is 4.88. The zero-order valence-corrected chi connectivity index (χ0v) is 13.6. The predicted octanol–water partition coefficient (Wildman–Crippen LogP) is 2.17. The van der Waals surface area contributed by atoms with Gasteiger partial charge in [-0.1, -0.05) is 13.8 Å². The van der Waals surface area contributed by atoms with Gasteiger partial charge in [-0.2, -0.15) is 5.10 Å². The normalized spacial score (nSPS) is 12.8. The molecule has 0 aromatic carbocycles. The molecule has 0 saturated carbocycles. The number of carbonyl (C=O) groups excluding carboxylic acids is 2. The molecule has 0 spiro atoms. The number of hydrogen-bond donors (Lipinski definition) is 1. The van der Waals surface area contributed by atoms with Gasteiger partial charge >= 0.3 is 5.97 Å². The topological polar surface area (TPSA) is 73.2 Å². The summed E-state index contributed by atoms with van der Waals surface area (Å²) >= 11 is 0. The van der Waals surface area contributed by atoms with Gasteiger partial charge in [0, 0.05) is 12.2 Å². The monoisotopic (exact) mass is 295 g/mol. The van der Waals surface area contributed by atoms with Crippen LogP contribution in [0.2, 0.25) is 0 Å². The summed E-state index contributed by atoms with van der Waals surface area (Å²) in [6, 6.07) is 1.14. The minimum atomic E-state index is -0.677. The Bertz CT molecular complexity index is 492. The maximum atomic E-state index is 12.2. The van der Waals surface area contributed by atoms with Crippen molar-refractivity contribution in [3.63, 3.8) is 0 Å². The van der Waals surface area contributed by atoms with Crippen LogP contribution in [0.3, 0.4) is 0 Å². The van der Waals surface area contributed by atoms with Crippen LogP contribution in [-0.2, 0) is 9.53 Å². The second-order valence-electron chi connectivity index (χ2n) is 5.96. The largest absolute Gasteiger partial charge is 0.461 e. The Labute approximate surface area is 125 Å². The fourth-order valence-corrected chi connectivity index (χ4v) is 1.77. The number of ether oxygens (including phenoxy) is 1. The minimum Gasteiger partial charge on any atom is -0.461 e. The van der Waals surface area contributed by atoms with Crippen LogP contribution in [0.5, 0.6) is 0 Å². The van der Waals surface area contributed by atoms with E-state index in [0.717, 1.165) is 0 Å². The summed E-state index contributed by atoms with van der Waals surface area (Å²) in [5, 5.41) is 6.90. The molecule has 21 heavy (non-hydrogen) atoms. The van der Waals surface area contributed by atoms with E-state index in [2.05, 4.69) is 10.4 Å². The van der Waals surface area contributed by atoms with Crippen molar-refractivity contribution >= 4 is 11.9 Å². The average Bonchev–Trinajstić information content (AvgIpc) is 2.83. The molecule has 0 saturated heterocycles. The molecule has 1 atom stereocenters. The van der Waals surface area contributed by atoms with Gasteiger partial charge in [0.05, 0.1) is 6.10 Å². The van der Waals surface area contributed by atoms with Crippen LogP contribution >= 0.6 is 0 Å². The molecule has 0 bridgehead atoms. The zero-order chi connectivity index (χ0) is 16.2. The van der Waals surface area contributed by atoms with Crippen LogP contribution in [0.4, 0.5) is 0 Å². The van der Waals surface area contributed by atoms with Crippen molar-refractivity contribution in [3.8, 4) is 0 Å². The van der Waals surface area contributed by atoms with E-state index in [9.17, 15) is 9.59 Å². The van der Waals surface area contributed by atoms with Gasteiger partial charge in [0.15, 0.2) is 0 Å². The molecule has 0 fully saturated rings. The molecule has 0 aliphatic rings. The molecule has 1 aromatic rings. The first-order valence-corrected chi connectivity index (χ1v) is 7.28. The van der Waals surface area contributed by atoms with Gasteiger partial charge in [-0.25, -0.2) is 4.79 Å². The molecule has 0 aliphatic carbocycles. The average molecular weight is 295 g/mol. The molecule has 6 heteroatoms. The Balaban J connectivity index is 2.78. The standard InChI is InChI=1S/C15H25N3O3/c1-9(2)13(15(20)21-11(5)6)16-14(19)12-7-8-18(17-12)10(3)4/h7-11,13H,1-6H3,(H,16,19)/t13-/m0/s1. The Morgan fingerprint density at radius 3 is 2.24 bits per heavy atom. The van der Waals surface area contributed by atoms with Crippen molar-refractivity contribution in [2.45, 2.75) is 59.7 Å². The number of hydrogen-bond acceptors (Lipinski definition) is 4. The summed E-state index contributed by atoms with van der Waals surface area (Å²) in [7, 11) is 0. The lowest BCUT2D eigenvalue weighted by molar-refractivity contribution is -0.150. The lowest BCUT2D eigenvalue weighted by atomic mass is 10.0. The Morgan fingerprint density at radius 2 is 1.81 bits per heavy atom. The molecule has 1 rings (SSSR count). The molecule has 0 aliphatic heterocycles. The van der Waals surface area contributed by atoms with Gasteiger partial charge in [-0.3, -0.25) is 9.48 Å². The van der Waals surface area contributed by atoms with Crippen molar-refractivity contribution < 1.29 is 14.3 Å². The van der Waals surface area contributed by atoms with Crippen molar-refractivity contribution in [2.75, 3.05) is 0 Å². The number of nitrogens with one attached hydrogen (secondary N) is 1. The zero-order valence-electron chi connectivity index (χ0n) is 13.6. The van der Waals surface area contributed by atoms with E-state index in [1.54, 1.807) is 30.8 Å². The van der Waals surface area contributed by atoms with Crippen LogP contribution in [-0.4, -0.2) is 33.8 Å². The molecular formula is C15H25N3O3. The van der Waals surface area contributed by atoms with E-state index in [1.807, 2.05) is 27.7 Å². The smallest absolute Gasteiger partial charge is 0.329 e. The quantitative estimate of drug-likeness (QED) is 0.816. The van der Waals surface area contributed by atoms with Crippen molar-refractivity contribution in [2.24, 2.45) is 5.92 Å². The number of aromatic nitrogens is 2. The van der Waals surface area contributed by atoms with Gasteiger partial charge in [0.2, 0.25) is 0 Å². The fraction of sp³-hybridized carbons (Fsp3) is 0.667. The van der Waals surface area contributed by atoms with Crippen LogP contribution in [0, 0.1) is 5.92 Å². The van der Waals surface area contributed by atoms with Crippen LogP contribution in [0.1, 0.15) is 58.1 Å². The van der Waals surface area contributed by atoms with E-state index < -0.39 is 12.0 Å².